The van der Waals surface area contributed by atoms with Gasteiger partial charge in [0.15, 0.2) is 0 Å². The molecule has 0 unspecified atom stereocenters. The van der Waals surface area contributed by atoms with E-state index < -0.39 is 10.8 Å². The zero-order valence-corrected chi connectivity index (χ0v) is 13.0. The minimum absolute atomic E-state index is 0.118. The molecular weight excluding hydrogens is 394 g/mol. The maximum absolute atomic E-state index is 12.0. The molecule has 1 aromatic heterocycles. The van der Waals surface area contributed by atoms with E-state index in [-0.39, 0.29) is 17.1 Å². The summed E-state index contributed by atoms with van der Waals surface area (Å²) in [6.45, 7) is 0. The van der Waals surface area contributed by atoms with Gasteiger partial charge in [0.25, 0.3) is 11.6 Å². The first-order valence-electron chi connectivity index (χ1n) is 5.34. The van der Waals surface area contributed by atoms with Crippen LogP contribution in [0.1, 0.15) is 10.5 Å². The summed E-state index contributed by atoms with van der Waals surface area (Å²) < 4.78 is 1.30. The normalized spacial score (nSPS) is 10.1. The fourth-order valence-corrected chi connectivity index (χ4v) is 2.04. The van der Waals surface area contributed by atoms with Gasteiger partial charge in [-0.1, -0.05) is 15.9 Å². The highest BCUT2D eigenvalue weighted by Crippen LogP contribution is 2.28. The van der Waals surface area contributed by atoms with Gasteiger partial charge in [-0.25, -0.2) is 4.98 Å². The number of nitrogens with zero attached hydrogens (tertiary/aromatic N) is 2. The monoisotopic (exact) mass is 399 g/mol. The van der Waals surface area contributed by atoms with E-state index in [1.54, 1.807) is 12.1 Å². The van der Waals surface area contributed by atoms with Crippen molar-refractivity contribution >= 4 is 49.1 Å². The predicted molar refractivity (Wildman–Crippen MR) is 80.7 cm³/mol. The van der Waals surface area contributed by atoms with Crippen LogP contribution in [0.3, 0.4) is 0 Å². The Morgan fingerprint density at radius 3 is 2.50 bits per heavy atom. The molecule has 1 heterocycles. The maximum atomic E-state index is 12.0. The average Bonchev–Trinajstić information content (AvgIpc) is 2.41. The summed E-state index contributed by atoms with van der Waals surface area (Å²) in [5.41, 5.74) is 0.100. The summed E-state index contributed by atoms with van der Waals surface area (Å²) in [4.78, 5) is 26.3. The molecule has 0 saturated carbocycles. The second kappa shape index (κ2) is 6.10. The third-order valence-corrected chi connectivity index (χ3v) is 3.33. The molecule has 8 heteroatoms. The third kappa shape index (κ3) is 3.40. The number of carbonyl (C=O) groups excluding carboxylic acids is 1. The van der Waals surface area contributed by atoms with Crippen LogP contribution < -0.4 is 5.32 Å². The molecule has 2 rings (SSSR count). The highest BCUT2D eigenvalue weighted by atomic mass is 79.9. The van der Waals surface area contributed by atoms with Crippen molar-refractivity contribution < 1.29 is 9.72 Å². The zero-order valence-electron chi connectivity index (χ0n) is 9.84. The number of benzene rings is 1. The van der Waals surface area contributed by atoms with Crippen molar-refractivity contribution in [3.8, 4) is 0 Å². The van der Waals surface area contributed by atoms with E-state index in [4.69, 9.17) is 0 Å². The van der Waals surface area contributed by atoms with Crippen molar-refractivity contribution in [3.63, 3.8) is 0 Å². The predicted octanol–water partition coefficient (Wildman–Crippen LogP) is 3.77. The van der Waals surface area contributed by atoms with Gasteiger partial charge >= 0.3 is 0 Å². The Bertz CT molecular complexity index is 674. The first-order chi connectivity index (χ1) is 9.47. The maximum Gasteiger partial charge on any atom is 0.293 e. The Morgan fingerprint density at radius 1 is 1.20 bits per heavy atom. The Balaban J connectivity index is 2.28. The van der Waals surface area contributed by atoms with E-state index >= 15 is 0 Å². The van der Waals surface area contributed by atoms with Crippen molar-refractivity contribution in [1.29, 1.82) is 0 Å². The number of carbonyl (C=O) groups is 1. The van der Waals surface area contributed by atoms with Crippen LogP contribution in [0, 0.1) is 10.1 Å². The quantitative estimate of drug-likeness (QED) is 0.627. The van der Waals surface area contributed by atoms with E-state index in [0.717, 1.165) is 4.47 Å². The first kappa shape index (κ1) is 14.6. The van der Waals surface area contributed by atoms with Gasteiger partial charge in [0.2, 0.25) is 0 Å². The first-order valence-corrected chi connectivity index (χ1v) is 6.93. The van der Waals surface area contributed by atoms with Gasteiger partial charge < -0.3 is 5.32 Å². The van der Waals surface area contributed by atoms with Crippen LogP contribution in [0.25, 0.3) is 0 Å². The smallest absolute Gasteiger partial charge is 0.293 e. The Labute approximate surface area is 130 Å². The molecule has 102 valence electrons. The highest BCUT2D eigenvalue weighted by Gasteiger charge is 2.17. The van der Waals surface area contributed by atoms with Gasteiger partial charge in [-0.05, 0) is 40.2 Å². The summed E-state index contributed by atoms with van der Waals surface area (Å²) in [6.07, 6.45) is 1.48. The van der Waals surface area contributed by atoms with Crippen molar-refractivity contribution in [3.05, 3.63) is 61.3 Å². The van der Waals surface area contributed by atoms with E-state index in [2.05, 4.69) is 42.2 Å². The van der Waals surface area contributed by atoms with Crippen molar-refractivity contribution in [2.45, 2.75) is 0 Å². The van der Waals surface area contributed by atoms with Crippen molar-refractivity contribution in [2.24, 2.45) is 0 Å². The zero-order chi connectivity index (χ0) is 14.7. The number of nitro groups is 1. The number of hydrogen-bond acceptors (Lipinski definition) is 4. The van der Waals surface area contributed by atoms with Crippen LogP contribution in [0.2, 0.25) is 0 Å². The lowest BCUT2D eigenvalue weighted by molar-refractivity contribution is -0.384. The molecule has 6 nitrogen and oxygen atoms in total. The summed E-state index contributed by atoms with van der Waals surface area (Å²) in [5.74, 6) is -0.511. The minimum atomic E-state index is -0.560. The molecule has 0 aliphatic heterocycles. The Kier molecular flexibility index (Phi) is 4.46. The molecule has 1 amide bonds. The largest absolute Gasteiger partial charge is 0.315 e. The number of pyridine rings is 1. The van der Waals surface area contributed by atoms with Gasteiger partial charge in [-0.15, -0.1) is 0 Å². The van der Waals surface area contributed by atoms with Gasteiger partial charge in [-0.3, -0.25) is 14.9 Å². The van der Waals surface area contributed by atoms with Crippen LogP contribution in [-0.4, -0.2) is 15.8 Å². The number of hydrogen-bond donors (Lipinski definition) is 1. The molecule has 0 fully saturated rings. The molecule has 0 spiro atoms. The highest BCUT2D eigenvalue weighted by molar-refractivity contribution is 9.10. The SMILES string of the molecule is O=C(Nc1ccc(Br)cc1[N+](=O)[O-])c1ccc(Br)cn1. The number of nitrogens with one attached hydrogen (secondary N) is 1. The average molecular weight is 401 g/mol. The number of amides is 1. The second-order valence-electron chi connectivity index (χ2n) is 3.73. The number of nitro benzene ring substituents is 1. The standard InChI is InChI=1S/C12H7Br2N3O3/c13-7-1-3-9(11(5-7)17(19)20)16-12(18)10-4-2-8(14)6-15-10/h1-6H,(H,16,18). The lowest BCUT2D eigenvalue weighted by Gasteiger charge is -2.06. The van der Waals surface area contributed by atoms with Gasteiger partial charge in [-0.2, -0.15) is 0 Å². The fraction of sp³-hybridized carbons (Fsp3) is 0. The number of aromatic nitrogens is 1. The van der Waals surface area contributed by atoms with Gasteiger partial charge in [0.05, 0.1) is 4.92 Å². The van der Waals surface area contributed by atoms with Crippen LogP contribution in [0.5, 0.6) is 0 Å². The van der Waals surface area contributed by atoms with Crippen LogP contribution >= 0.6 is 31.9 Å². The third-order valence-electron chi connectivity index (χ3n) is 2.36. The summed E-state index contributed by atoms with van der Waals surface area (Å²) in [7, 11) is 0. The number of rotatable bonds is 3. The van der Waals surface area contributed by atoms with Crippen LogP contribution in [0.4, 0.5) is 11.4 Å². The minimum Gasteiger partial charge on any atom is -0.315 e. The molecule has 0 aliphatic carbocycles. The molecule has 1 aromatic carbocycles. The number of anilines is 1. The van der Waals surface area contributed by atoms with Crippen LogP contribution in [-0.2, 0) is 0 Å². The molecule has 2 aromatic rings. The molecular formula is C12H7Br2N3O3. The molecule has 20 heavy (non-hydrogen) atoms. The topological polar surface area (TPSA) is 85.1 Å². The molecule has 0 saturated heterocycles. The van der Waals surface area contributed by atoms with Crippen LogP contribution in [0.15, 0.2) is 45.5 Å². The Hall–Kier alpha value is -1.80. The summed E-state index contributed by atoms with van der Waals surface area (Å²) >= 11 is 6.36. The van der Waals surface area contributed by atoms with E-state index in [0.29, 0.717) is 4.47 Å². The molecule has 0 aliphatic rings. The molecule has 0 bridgehead atoms. The lowest BCUT2D eigenvalue weighted by atomic mass is 10.2. The second-order valence-corrected chi connectivity index (χ2v) is 5.57. The number of halogens is 2. The summed E-state index contributed by atoms with van der Waals surface area (Å²) in [5, 5.41) is 13.4. The van der Waals surface area contributed by atoms with E-state index in [1.165, 1.54) is 24.4 Å². The Morgan fingerprint density at radius 2 is 1.90 bits per heavy atom. The van der Waals surface area contributed by atoms with E-state index in [9.17, 15) is 14.9 Å². The molecule has 0 radical (unpaired) electrons. The molecule has 1 N–H and O–H groups in total. The van der Waals surface area contributed by atoms with Crippen molar-refractivity contribution in [1.82, 2.24) is 4.98 Å². The van der Waals surface area contributed by atoms with E-state index in [1.807, 2.05) is 0 Å². The van der Waals surface area contributed by atoms with Gasteiger partial charge in [0.1, 0.15) is 11.4 Å². The van der Waals surface area contributed by atoms with Crippen molar-refractivity contribution in [2.75, 3.05) is 5.32 Å². The van der Waals surface area contributed by atoms with Gasteiger partial charge in [0, 0.05) is 21.2 Å². The fourth-order valence-electron chi connectivity index (χ4n) is 1.46. The summed E-state index contributed by atoms with van der Waals surface area (Å²) in [6, 6.07) is 7.57. The lowest BCUT2D eigenvalue weighted by Crippen LogP contribution is -2.14. The molecule has 0 atom stereocenters.